The molecule has 0 aliphatic carbocycles. The molecule has 3 heterocycles. The van der Waals surface area contributed by atoms with Gasteiger partial charge in [0.2, 0.25) is 11.8 Å². The molecule has 0 bridgehead atoms. The predicted octanol–water partition coefficient (Wildman–Crippen LogP) is 2.38. The van der Waals surface area contributed by atoms with Crippen molar-refractivity contribution in [1.82, 2.24) is 24.6 Å². The number of hydrogen-bond acceptors (Lipinski definition) is 6. The second-order valence-electron chi connectivity index (χ2n) is 8.56. The summed E-state index contributed by atoms with van der Waals surface area (Å²) in [7, 11) is 0. The lowest BCUT2D eigenvalue weighted by Gasteiger charge is -2.36. The zero-order valence-corrected chi connectivity index (χ0v) is 19.9. The number of carbonyl (C=O) groups is 2. The molecule has 0 spiro atoms. The van der Waals surface area contributed by atoms with E-state index in [4.69, 9.17) is 4.74 Å². The summed E-state index contributed by atoms with van der Waals surface area (Å²) in [6, 6.07) is 6.28. The molecule has 0 radical (unpaired) electrons. The third-order valence-corrected chi connectivity index (χ3v) is 7.09. The Hall–Kier alpha value is -2.39. The molecule has 1 aromatic heterocycles. The zero-order chi connectivity index (χ0) is 22.7. The Bertz CT molecular complexity index is 986. The molecule has 1 atom stereocenters. The maximum Gasteiger partial charge on any atom is 0.233 e. The van der Waals surface area contributed by atoms with Crippen LogP contribution in [0.15, 0.2) is 23.4 Å². The van der Waals surface area contributed by atoms with E-state index in [9.17, 15) is 9.59 Å². The number of morpholine rings is 1. The topological polar surface area (TPSA) is 80.6 Å². The molecule has 0 N–H and O–H groups in total. The highest BCUT2D eigenvalue weighted by Crippen LogP contribution is 2.26. The Morgan fingerprint density at radius 2 is 1.88 bits per heavy atom. The van der Waals surface area contributed by atoms with Gasteiger partial charge in [-0.15, -0.1) is 10.2 Å². The van der Waals surface area contributed by atoms with E-state index >= 15 is 0 Å². The summed E-state index contributed by atoms with van der Waals surface area (Å²) in [5.41, 5.74) is 3.33. The van der Waals surface area contributed by atoms with E-state index in [1.165, 1.54) is 11.8 Å². The molecule has 172 valence electrons. The fourth-order valence-electron chi connectivity index (χ4n) is 4.34. The molecule has 2 amide bonds. The van der Waals surface area contributed by atoms with Gasteiger partial charge in [0, 0.05) is 26.2 Å². The summed E-state index contributed by atoms with van der Waals surface area (Å²) in [4.78, 5) is 29.6. The molecule has 4 rings (SSSR count). The third kappa shape index (κ3) is 4.99. The Kier molecular flexibility index (Phi) is 7.15. The van der Waals surface area contributed by atoms with Gasteiger partial charge in [-0.2, -0.15) is 0 Å². The largest absolute Gasteiger partial charge is 0.378 e. The van der Waals surface area contributed by atoms with Crippen LogP contribution in [0.1, 0.15) is 29.8 Å². The summed E-state index contributed by atoms with van der Waals surface area (Å²) in [5, 5.41) is 9.28. The normalized spacial score (nSPS) is 19.3. The van der Waals surface area contributed by atoms with E-state index < -0.39 is 0 Å². The SMILES string of the molecule is Cc1ccc(C)c(-n2c(C)nnc2SCC(=O)N2CCCC(C(=O)N3CCOCC3)C2)c1. The number of rotatable bonds is 5. The summed E-state index contributed by atoms with van der Waals surface area (Å²) in [6.45, 7) is 9.73. The van der Waals surface area contributed by atoms with Crippen molar-refractivity contribution in [2.75, 3.05) is 45.1 Å². The third-order valence-electron chi connectivity index (χ3n) is 6.17. The Morgan fingerprint density at radius 3 is 2.66 bits per heavy atom. The van der Waals surface area contributed by atoms with E-state index in [0.717, 1.165) is 35.5 Å². The van der Waals surface area contributed by atoms with E-state index in [1.807, 2.05) is 21.3 Å². The summed E-state index contributed by atoms with van der Waals surface area (Å²) in [6.07, 6.45) is 1.70. The van der Waals surface area contributed by atoms with Crippen molar-refractivity contribution in [3.05, 3.63) is 35.2 Å². The minimum absolute atomic E-state index is 0.0441. The fourth-order valence-corrected chi connectivity index (χ4v) is 5.23. The van der Waals surface area contributed by atoms with Crippen LogP contribution in [0.5, 0.6) is 0 Å². The van der Waals surface area contributed by atoms with Gasteiger partial charge < -0.3 is 14.5 Å². The molecule has 8 nitrogen and oxygen atoms in total. The van der Waals surface area contributed by atoms with Crippen molar-refractivity contribution in [3.8, 4) is 5.69 Å². The average molecular weight is 458 g/mol. The molecule has 2 fully saturated rings. The summed E-state index contributed by atoms with van der Waals surface area (Å²) in [5.74, 6) is 1.16. The lowest BCUT2D eigenvalue weighted by Crippen LogP contribution is -2.49. The Balaban J connectivity index is 1.40. The fraction of sp³-hybridized carbons (Fsp3) is 0.565. The number of aromatic nitrogens is 3. The van der Waals surface area contributed by atoms with Crippen LogP contribution in [0, 0.1) is 26.7 Å². The quantitative estimate of drug-likeness (QED) is 0.642. The van der Waals surface area contributed by atoms with Crippen molar-refractivity contribution in [1.29, 1.82) is 0 Å². The minimum atomic E-state index is -0.114. The number of aryl methyl sites for hydroxylation is 3. The molecule has 2 aromatic rings. The molecule has 9 heteroatoms. The number of hydrogen-bond donors (Lipinski definition) is 0. The molecule has 2 aliphatic rings. The van der Waals surface area contributed by atoms with Gasteiger partial charge in [-0.3, -0.25) is 14.2 Å². The molecule has 2 aliphatic heterocycles. The number of benzene rings is 1. The first-order valence-corrected chi connectivity index (χ1v) is 12.2. The first kappa shape index (κ1) is 22.8. The van der Waals surface area contributed by atoms with E-state index in [-0.39, 0.29) is 23.5 Å². The van der Waals surface area contributed by atoms with E-state index in [2.05, 4.69) is 42.2 Å². The highest BCUT2D eigenvalue weighted by molar-refractivity contribution is 7.99. The second-order valence-corrected chi connectivity index (χ2v) is 9.50. The first-order chi connectivity index (χ1) is 15.4. The van der Waals surface area contributed by atoms with Crippen molar-refractivity contribution in [2.24, 2.45) is 5.92 Å². The zero-order valence-electron chi connectivity index (χ0n) is 19.0. The van der Waals surface area contributed by atoms with Crippen LogP contribution < -0.4 is 0 Å². The van der Waals surface area contributed by atoms with Crippen LogP contribution in [0.4, 0.5) is 0 Å². The van der Waals surface area contributed by atoms with Crippen LogP contribution in [0.25, 0.3) is 5.69 Å². The Morgan fingerprint density at radius 1 is 1.09 bits per heavy atom. The molecule has 2 saturated heterocycles. The maximum atomic E-state index is 13.0. The summed E-state index contributed by atoms with van der Waals surface area (Å²) >= 11 is 1.40. The maximum absolute atomic E-state index is 13.0. The van der Waals surface area contributed by atoms with Crippen LogP contribution in [-0.2, 0) is 14.3 Å². The molecular formula is C23H31N5O3S. The van der Waals surface area contributed by atoms with Crippen molar-refractivity contribution >= 4 is 23.6 Å². The highest BCUT2D eigenvalue weighted by Gasteiger charge is 2.32. The monoisotopic (exact) mass is 457 g/mol. The highest BCUT2D eigenvalue weighted by atomic mass is 32.2. The molecule has 0 saturated carbocycles. The van der Waals surface area contributed by atoms with Gasteiger partial charge >= 0.3 is 0 Å². The summed E-state index contributed by atoms with van der Waals surface area (Å²) < 4.78 is 7.37. The smallest absolute Gasteiger partial charge is 0.233 e. The number of nitrogens with zero attached hydrogens (tertiary/aromatic N) is 5. The number of carbonyl (C=O) groups excluding carboxylic acids is 2. The van der Waals surface area contributed by atoms with Gasteiger partial charge in [-0.25, -0.2) is 0 Å². The molecular weight excluding hydrogens is 426 g/mol. The van der Waals surface area contributed by atoms with Gasteiger partial charge in [0.25, 0.3) is 0 Å². The lowest BCUT2D eigenvalue weighted by molar-refractivity contribution is -0.143. The molecule has 1 unspecified atom stereocenters. The van der Waals surface area contributed by atoms with Crippen molar-refractivity contribution < 1.29 is 14.3 Å². The van der Waals surface area contributed by atoms with Crippen LogP contribution in [-0.4, -0.2) is 81.5 Å². The van der Waals surface area contributed by atoms with Gasteiger partial charge in [0.15, 0.2) is 5.16 Å². The van der Waals surface area contributed by atoms with Gasteiger partial charge in [-0.05, 0) is 50.8 Å². The average Bonchev–Trinajstić information content (AvgIpc) is 3.19. The number of piperidine rings is 1. The van der Waals surface area contributed by atoms with Gasteiger partial charge in [-0.1, -0.05) is 23.9 Å². The van der Waals surface area contributed by atoms with Crippen LogP contribution in [0.3, 0.4) is 0 Å². The van der Waals surface area contributed by atoms with Crippen LogP contribution in [0.2, 0.25) is 0 Å². The number of ether oxygens (including phenoxy) is 1. The Labute approximate surface area is 193 Å². The van der Waals surface area contributed by atoms with Crippen molar-refractivity contribution in [3.63, 3.8) is 0 Å². The number of likely N-dealkylation sites (tertiary alicyclic amines) is 1. The van der Waals surface area contributed by atoms with Crippen molar-refractivity contribution in [2.45, 2.75) is 38.8 Å². The molecule has 1 aromatic carbocycles. The van der Waals surface area contributed by atoms with E-state index in [1.54, 1.807) is 0 Å². The minimum Gasteiger partial charge on any atom is -0.378 e. The lowest BCUT2D eigenvalue weighted by atomic mass is 9.96. The molecule has 32 heavy (non-hydrogen) atoms. The van der Waals surface area contributed by atoms with Gasteiger partial charge in [0.05, 0.1) is 30.6 Å². The standard InChI is InChI=1S/C23H31N5O3S/c1-16-6-7-17(2)20(13-16)28-18(3)24-25-23(28)32-15-21(29)27-8-4-5-19(14-27)22(30)26-9-11-31-12-10-26/h6-7,13,19H,4-5,8-12,14-15H2,1-3H3. The second kappa shape index (κ2) is 10.0. The number of thioether (sulfide) groups is 1. The predicted molar refractivity (Wildman–Crippen MR) is 123 cm³/mol. The number of amides is 2. The van der Waals surface area contributed by atoms with Gasteiger partial charge in [0.1, 0.15) is 5.82 Å². The van der Waals surface area contributed by atoms with Crippen LogP contribution >= 0.6 is 11.8 Å². The first-order valence-electron chi connectivity index (χ1n) is 11.2. The van der Waals surface area contributed by atoms with E-state index in [0.29, 0.717) is 44.5 Å².